The number of aromatic nitrogens is 1. The van der Waals surface area contributed by atoms with Crippen LogP contribution >= 0.6 is 0 Å². The van der Waals surface area contributed by atoms with Crippen LogP contribution in [0.15, 0.2) is 82.3 Å². The maximum atomic E-state index is 13.1. The molecule has 1 heterocycles. The number of para-hydroxylation sites is 1. The molecule has 3 aromatic carbocycles. The first kappa shape index (κ1) is 19.9. The second kappa shape index (κ2) is 8.51. The fourth-order valence-electron chi connectivity index (χ4n) is 3.04. The van der Waals surface area contributed by atoms with Crippen LogP contribution in [0.1, 0.15) is 11.5 Å². The molecular formula is C24H18FN5O. The fourth-order valence-corrected chi connectivity index (χ4v) is 3.04. The van der Waals surface area contributed by atoms with Crippen molar-refractivity contribution >= 4 is 28.5 Å². The molecule has 0 unspecified atom stereocenters. The van der Waals surface area contributed by atoms with E-state index in [2.05, 4.69) is 21.4 Å². The van der Waals surface area contributed by atoms with E-state index in [0.29, 0.717) is 34.3 Å². The zero-order chi connectivity index (χ0) is 21.8. The summed E-state index contributed by atoms with van der Waals surface area (Å²) < 4.78 is 18.7. The second-order valence-electron chi connectivity index (χ2n) is 6.76. The van der Waals surface area contributed by atoms with Gasteiger partial charge in [-0.2, -0.15) is 5.26 Å². The largest absolute Gasteiger partial charge is 0.441 e. The zero-order valence-electron chi connectivity index (χ0n) is 16.6. The van der Waals surface area contributed by atoms with Gasteiger partial charge in [-0.05, 0) is 60.7 Å². The van der Waals surface area contributed by atoms with Crippen LogP contribution in [0.2, 0.25) is 0 Å². The Morgan fingerprint density at radius 2 is 1.84 bits per heavy atom. The molecule has 6 nitrogen and oxygen atoms in total. The molecule has 0 saturated heterocycles. The zero-order valence-corrected chi connectivity index (χ0v) is 16.6. The highest BCUT2D eigenvalue weighted by Gasteiger charge is 2.12. The first-order valence-electron chi connectivity index (χ1n) is 9.46. The highest BCUT2D eigenvalue weighted by Crippen LogP contribution is 2.29. The topological polar surface area (TPSA) is 100 Å². The Kier molecular flexibility index (Phi) is 5.45. The Morgan fingerprint density at radius 1 is 1.10 bits per heavy atom. The summed E-state index contributed by atoms with van der Waals surface area (Å²) >= 11 is 0. The predicted octanol–water partition coefficient (Wildman–Crippen LogP) is 5.76. The number of nitrogen functional groups attached to an aromatic ring is 1. The number of nitrogens with two attached hydrogens (primary N) is 1. The predicted molar refractivity (Wildman–Crippen MR) is 119 cm³/mol. The average Bonchev–Trinajstić information content (AvgIpc) is 3.22. The number of hydrogen-bond acceptors (Lipinski definition) is 6. The van der Waals surface area contributed by atoms with Crippen LogP contribution in [-0.2, 0) is 0 Å². The summed E-state index contributed by atoms with van der Waals surface area (Å²) in [5.74, 6) is 0.936. The quantitative estimate of drug-likeness (QED) is 0.321. The van der Waals surface area contributed by atoms with Gasteiger partial charge in [0.15, 0.2) is 17.4 Å². The third kappa shape index (κ3) is 4.43. The number of anilines is 3. The molecule has 0 amide bonds. The number of oxazole rings is 1. The molecule has 4 aromatic rings. The number of nitrogens with one attached hydrogen (secondary N) is 1. The lowest BCUT2D eigenvalue weighted by molar-refractivity contribution is 0.534. The van der Waals surface area contributed by atoms with E-state index in [9.17, 15) is 9.65 Å². The normalized spacial score (nSPS) is 11.2. The number of nitrogens with zero attached hydrogens (tertiary/aromatic N) is 3. The van der Waals surface area contributed by atoms with E-state index >= 15 is 0 Å². The molecule has 152 valence electrons. The molecule has 7 heteroatoms. The summed E-state index contributed by atoms with van der Waals surface area (Å²) in [7, 11) is 0. The van der Waals surface area contributed by atoms with Crippen LogP contribution in [0.25, 0.3) is 11.3 Å². The van der Waals surface area contributed by atoms with Gasteiger partial charge in [-0.25, -0.2) is 14.4 Å². The van der Waals surface area contributed by atoms with Crippen molar-refractivity contribution in [2.75, 3.05) is 11.1 Å². The van der Waals surface area contributed by atoms with Gasteiger partial charge in [0.1, 0.15) is 11.9 Å². The summed E-state index contributed by atoms with van der Waals surface area (Å²) in [5.41, 5.74) is 10.2. The van der Waals surface area contributed by atoms with E-state index in [0.717, 1.165) is 11.3 Å². The summed E-state index contributed by atoms with van der Waals surface area (Å²) in [4.78, 5) is 8.42. The summed E-state index contributed by atoms with van der Waals surface area (Å²) in [6.45, 7) is 1.80. The molecule has 31 heavy (non-hydrogen) atoms. The number of nitriles is 1. The van der Waals surface area contributed by atoms with Crippen molar-refractivity contribution in [2.45, 2.75) is 6.92 Å². The highest BCUT2D eigenvalue weighted by molar-refractivity contribution is 6.16. The van der Waals surface area contributed by atoms with E-state index in [1.54, 1.807) is 25.3 Å². The first-order chi connectivity index (χ1) is 15.0. The van der Waals surface area contributed by atoms with Gasteiger partial charge >= 0.3 is 0 Å². The Bertz CT molecular complexity index is 1290. The maximum absolute atomic E-state index is 13.1. The Labute approximate surface area is 178 Å². The second-order valence-corrected chi connectivity index (χ2v) is 6.76. The Hall–Kier alpha value is -4.44. The Morgan fingerprint density at radius 3 is 2.48 bits per heavy atom. The lowest BCUT2D eigenvalue weighted by atomic mass is 10.1. The van der Waals surface area contributed by atoms with Gasteiger partial charge in [0, 0.05) is 23.7 Å². The molecule has 1 aromatic heterocycles. The van der Waals surface area contributed by atoms with E-state index in [4.69, 9.17) is 10.2 Å². The van der Waals surface area contributed by atoms with E-state index in [1.165, 1.54) is 24.3 Å². The highest BCUT2D eigenvalue weighted by atomic mass is 19.1. The van der Waals surface area contributed by atoms with Gasteiger partial charge in [0.25, 0.3) is 0 Å². The summed E-state index contributed by atoms with van der Waals surface area (Å²) in [5, 5.41) is 12.9. The summed E-state index contributed by atoms with van der Waals surface area (Å²) in [6.07, 6.45) is 1.68. The summed E-state index contributed by atoms with van der Waals surface area (Å²) in [6, 6.07) is 20.6. The lowest BCUT2D eigenvalue weighted by Crippen LogP contribution is -2.05. The van der Waals surface area contributed by atoms with Crippen LogP contribution < -0.4 is 11.1 Å². The number of aliphatic imine (C=N–C) groups is 1. The monoisotopic (exact) mass is 411 g/mol. The molecule has 0 spiro atoms. The number of benzene rings is 3. The third-order valence-corrected chi connectivity index (χ3v) is 4.60. The molecule has 0 saturated carbocycles. The number of halogens is 1. The minimum absolute atomic E-state index is 0.142. The van der Waals surface area contributed by atoms with Crippen molar-refractivity contribution in [1.82, 2.24) is 4.98 Å². The molecule has 3 N–H and O–H groups in total. The van der Waals surface area contributed by atoms with Crippen molar-refractivity contribution in [3.63, 3.8) is 0 Å². The van der Waals surface area contributed by atoms with Crippen LogP contribution in [0, 0.1) is 24.1 Å². The van der Waals surface area contributed by atoms with Crippen LogP contribution in [0.5, 0.6) is 0 Å². The molecule has 0 fully saturated rings. The maximum Gasteiger partial charge on any atom is 0.191 e. The van der Waals surface area contributed by atoms with Crippen LogP contribution in [0.3, 0.4) is 0 Å². The third-order valence-electron chi connectivity index (χ3n) is 4.60. The molecule has 0 aliphatic rings. The van der Waals surface area contributed by atoms with Gasteiger partial charge in [-0.1, -0.05) is 6.07 Å². The standard InChI is InChI=1S/C24H18FN5O/c1-15-28-14-23(31-15)16-5-9-18(10-6-16)29-21-4-2-3-20(24(21)27)22(13-26)30-19-11-7-17(25)8-12-19/h2-12,14,29H,27H2,1H3. The fraction of sp³-hybridized carbons (Fsp3) is 0.0417. The van der Waals surface area contributed by atoms with E-state index < -0.39 is 0 Å². The van der Waals surface area contributed by atoms with Gasteiger partial charge in [-0.15, -0.1) is 0 Å². The molecular weight excluding hydrogens is 393 g/mol. The van der Waals surface area contributed by atoms with Crippen molar-refractivity contribution in [2.24, 2.45) is 4.99 Å². The van der Waals surface area contributed by atoms with Crippen molar-refractivity contribution < 1.29 is 8.81 Å². The number of rotatable bonds is 5. The average molecular weight is 411 g/mol. The smallest absolute Gasteiger partial charge is 0.191 e. The van der Waals surface area contributed by atoms with Crippen LogP contribution in [-0.4, -0.2) is 10.7 Å². The lowest BCUT2D eigenvalue weighted by Gasteiger charge is -2.12. The van der Waals surface area contributed by atoms with Crippen molar-refractivity contribution in [3.05, 3.63) is 90.2 Å². The van der Waals surface area contributed by atoms with Crippen LogP contribution in [0.4, 0.5) is 27.1 Å². The number of aryl methyl sites for hydroxylation is 1. The molecule has 0 bridgehead atoms. The van der Waals surface area contributed by atoms with Gasteiger partial charge in [-0.3, -0.25) is 0 Å². The van der Waals surface area contributed by atoms with Gasteiger partial charge in [0.2, 0.25) is 0 Å². The molecule has 0 aliphatic heterocycles. The van der Waals surface area contributed by atoms with Gasteiger partial charge in [0.05, 0.1) is 23.3 Å². The molecule has 0 radical (unpaired) electrons. The van der Waals surface area contributed by atoms with E-state index in [1.807, 2.05) is 30.3 Å². The first-order valence-corrected chi connectivity index (χ1v) is 9.46. The van der Waals surface area contributed by atoms with Crippen molar-refractivity contribution in [3.8, 4) is 17.4 Å². The molecule has 4 rings (SSSR count). The van der Waals surface area contributed by atoms with E-state index in [-0.39, 0.29) is 11.5 Å². The Balaban J connectivity index is 1.60. The number of hydrogen-bond donors (Lipinski definition) is 2. The van der Waals surface area contributed by atoms with Gasteiger partial charge < -0.3 is 15.5 Å². The minimum Gasteiger partial charge on any atom is -0.441 e. The molecule has 0 aliphatic carbocycles. The SMILES string of the molecule is Cc1ncc(-c2ccc(Nc3cccc(C(C#N)=Nc4ccc(F)cc4)c3N)cc2)o1. The van der Waals surface area contributed by atoms with Crippen molar-refractivity contribution in [1.29, 1.82) is 5.26 Å². The minimum atomic E-state index is -0.368. The molecule has 0 atom stereocenters.